The van der Waals surface area contributed by atoms with Gasteiger partial charge in [0.05, 0.1) is 6.33 Å². The Bertz CT molecular complexity index is 730. The van der Waals surface area contributed by atoms with Crippen molar-refractivity contribution < 1.29 is 0 Å². The lowest BCUT2D eigenvalue weighted by Crippen LogP contribution is -2.50. The van der Waals surface area contributed by atoms with Gasteiger partial charge < -0.3 is 10.3 Å². The molecular formula is C22H31N3. The molecule has 2 fully saturated rings. The number of hydrogen-bond acceptors (Lipinski definition) is 2. The SMILES string of the molecule is C[C@]12CC[C@@H](N)CC1=CC[C@@H]1[C@@H]2CC[C@]2(C)C(n3ccnc3)=CC[C@@H]12. The topological polar surface area (TPSA) is 43.8 Å². The van der Waals surface area contributed by atoms with Gasteiger partial charge in [0.25, 0.3) is 0 Å². The van der Waals surface area contributed by atoms with E-state index in [0.717, 1.165) is 24.2 Å². The Morgan fingerprint density at radius 1 is 1.08 bits per heavy atom. The van der Waals surface area contributed by atoms with E-state index in [9.17, 15) is 0 Å². The van der Waals surface area contributed by atoms with Crippen molar-refractivity contribution in [3.8, 4) is 0 Å². The fraction of sp³-hybridized carbons (Fsp3) is 0.682. The number of allylic oxidation sites excluding steroid dienone is 3. The van der Waals surface area contributed by atoms with Crippen molar-refractivity contribution in [2.75, 3.05) is 0 Å². The molecule has 0 bridgehead atoms. The lowest BCUT2D eigenvalue weighted by molar-refractivity contribution is -0.0127. The molecule has 0 spiro atoms. The minimum Gasteiger partial charge on any atom is -0.327 e. The first kappa shape index (κ1) is 15.9. The smallest absolute Gasteiger partial charge is 0.0989 e. The third kappa shape index (κ3) is 2.11. The molecule has 0 radical (unpaired) electrons. The van der Waals surface area contributed by atoms with Crippen LogP contribution in [-0.4, -0.2) is 15.6 Å². The average Bonchev–Trinajstić information content (AvgIpc) is 3.22. The summed E-state index contributed by atoms with van der Waals surface area (Å²) in [6.45, 7) is 5.08. The Balaban J connectivity index is 1.48. The van der Waals surface area contributed by atoms with Gasteiger partial charge in [-0.15, -0.1) is 0 Å². The maximum atomic E-state index is 6.29. The number of imidazole rings is 1. The van der Waals surface area contributed by atoms with Crippen LogP contribution in [0.3, 0.4) is 0 Å². The van der Waals surface area contributed by atoms with Gasteiger partial charge in [-0.25, -0.2) is 4.98 Å². The fourth-order valence-corrected chi connectivity index (χ4v) is 7.04. The summed E-state index contributed by atoms with van der Waals surface area (Å²) in [6, 6.07) is 0.394. The lowest BCUT2D eigenvalue weighted by Gasteiger charge is -2.57. The van der Waals surface area contributed by atoms with Crippen LogP contribution >= 0.6 is 0 Å². The Labute approximate surface area is 151 Å². The van der Waals surface area contributed by atoms with Crippen molar-refractivity contribution in [3.05, 3.63) is 36.4 Å². The van der Waals surface area contributed by atoms with E-state index in [0.29, 0.717) is 16.9 Å². The Hall–Kier alpha value is -1.35. The highest BCUT2D eigenvalue weighted by molar-refractivity contribution is 5.57. The molecule has 4 aliphatic carbocycles. The molecule has 2 N–H and O–H groups in total. The van der Waals surface area contributed by atoms with Crippen LogP contribution in [0.4, 0.5) is 0 Å². The van der Waals surface area contributed by atoms with Gasteiger partial charge in [-0.1, -0.05) is 31.6 Å². The van der Waals surface area contributed by atoms with E-state index in [1.165, 1.54) is 44.2 Å². The Morgan fingerprint density at radius 2 is 1.92 bits per heavy atom. The summed E-state index contributed by atoms with van der Waals surface area (Å²) in [4.78, 5) is 4.29. The van der Waals surface area contributed by atoms with Crippen LogP contribution in [0, 0.1) is 28.6 Å². The Kier molecular flexibility index (Phi) is 3.38. The zero-order valence-electron chi connectivity index (χ0n) is 15.6. The molecule has 5 rings (SSSR count). The molecule has 1 aromatic rings. The molecular weight excluding hydrogens is 306 g/mol. The fourth-order valence-electron chi connectivity index (χ4n) is 7.04. The zero-order valence-corrected chi connectivity index (χ0v) is 15.6. The van der Waals surface area contributed by atoms with Crippen molar-refractivity contribution in [1.29, 1.82) is 0 Å². The molecule has 0 amide bonds. The lowest BCUT2D eigenvalue weighted by atomic mass is 9.47. The van der Waals surface area contributed by atoms with E-state index in [1.54, 1.807) is 5.57 Å². The molecule has 0 aromatic carbocycles. The van der Waals surface area contributed by atoms with Crippen molar-refractivity contribution >= 4 is 5.70 Å². The van der Waals surface area contributed by atoms with Crippen LogP contribution in [0.25, 0.3) is 5.70 Å². The molecule has 3 nitrogen and oxygen atoms in total. The van der Waals surface area contributed by atoms with E-state index in [4.69, 9.17) is 5.73 Å². The van der Waals surface area contributed by atoms with Crippen molar-refractivity contribution in [2.24, 2.45) is 34.3 Å². The highest BCUT2D eigenvalue weighted by atomic mass is 15.1. The van der Waals surface area contributed by atoms with E-state index in [2.05, 4.69) is 41.7 Å². The van der Waals surface area contributed by atoms with Crippen LogP contribution in [0.5, 0.6) is 0 Å². The first-order valence-electron chi connectivity index (χ1n) is 10.2. The molecule has 0 unspecified atom stereocenters. The van der Waals surface area contributed by atoms with Gasteiger partial charge in [-0.2, -0.15) is 0 Å². The minimum atomic E-state index is 0.314. The van der Waals surface area contributed by atoms with E-state index in [-0.39, 0.29) is 0 Å². The monoisotopic (exact) mass is 337 g/mol. The number of rotatable bonds is 1. The van der Waals surface area contributed by atoms with Crippen molar-refractivity contribution in [3.63, 3.8) is 0 Å². The van der Waals surface area contributed by atoms with Crippen LogP contribution in [0.1, 0.15) is 58.8 Å². The minimum absolute atomic E-state index is 0.314. The normalized spacial score (nSPS) is 45.9. The summed E-state index contributed by atoms with van der Waals surface area (Å²) < 4.78 is 2.27. The molecule has 6 atom stereocenters. The van der Waals surface area contributed by atoms with E-state index >= 15 is 0 Å². The summed E-state index contributed by atoms with van der Waals surface area (Å²) >= 11 is 0. The summed E-state index contributed by atoms with van der Waals surface area (Å²) in [7, 11) is 0. The van der Waals surface area contributed by atoms with E-state index in [1.807, 2.05) is 12.5 Å². The molecule has 1 aromatic heterocycles. The first-order chi connectivity index (χ1) is 12.0. The molecule has 0 saturated heterocycles. The number of fused-ring (bicyclic) bond motifs is 5. The van der Waals surface area contributed by atoms with E-state index < -0.39 is 0 Å². The molecule has 2 saturated carbocycles. The highest BCUT2D eigenvalue weighted by Gasteiger charge is 2.56. The molecule has 134 valence electrons. The van der Waals surface area contributed by atoms with Gasteiger partial charge in [-0.05, 0) is 68.1 Å². The summed E-state index contributed by atoms with van der Waals surface area (Å²) in [5.41, 5.74) is 10.2. The third-order valence-corrected chi connectivity index (χ3v) is 8.46. The average molecular weight is 338 g/mol. The highest BCUT2D eigenvalue weighted by Crippen LogP contribution is 2.65. The maximum Gasteiger partial charge on any atom is 0.0989 e. The van der Waals surface area contributed by atoms with Crippen molar-refractivity contribution in [1.82, 2.24) is 9.55 Å². The molecule has 4 aliphatic rings. The van der Waals surface area contributed by atoms with Crippen LogP contribution in [-0.2, 0) is 0 Å². The van der Waals surface area contributed by atoms with Gasteiger partial charge in [-0.3, -0.25) is 0 Å². The third-order valence-electron chi connectivity index (χ3n) is 8.46. The zero-order chi connectivity index (χ0) is 17.2. The van der Waals surface area contributed by atoms with Gasteiger partial charge in [0.15, 0.2) is 0 Å². The predicted molar refractivity (Wildman–Crippen MR) is 102 cm³/mol. The maximum absolute atomic E-state index is 6.29. The second-order valence-electron chi connectivity index (χ2n) is 9.51. The van der Waals surface area contributed by atoms with Gasteiger partial charge in [0.2, 0.25) is 0 Å². The number of nitrogens with two attached hydrogens (primary N) is 1. The summed E-state index contributed by atoms with van der Waals surface area (Å²) in [6.07, 6.45) is 20.0. The molecule has 1 heterocycles. The predicted octanol–water partition coefficient (Wildman–Crippen LogP) is 4.62. The van der Waals surface area contributed by atoms with Crippen LogP contribution in [0.15, 0.2) is 36.4 Å². The standard InChI is InChI=1S/C22H31N3/c1-21-9-7-16(23)13-15(21)3-4-17-18-5-6-20(25-12-11-24-14-25)22(18,2)10-8-19(17)21/h3,6,11-12,14,16-19H,4-5,7-10,13,23H2,1-2H3/t16-,17+,18+,19+,21+,22+/m1/s1. The van der Waals surface area contributed by atoms with Crippen molar-refractivity contribution in [2.45, 2.75) is 64.8 Å². The largest absolute Gasteiger partial charge is 0.327 e. The van der Waals surface area contributed by atoms with Crippen LogP contribution in [0.2, 0.25) is 0 Å². The second kappa shape index (κ2) is 5.33. The number of nitrogens with zero attached hydrogens (tertiary/aromatic N) is 2. The van der Waals surface area contributed by atoms with Crippen LogP contribution < -0.4 is 5.73 Å². The van der Waals surface area contributed by atoms with Gasteiger partial charge >= 0.3 is 0 Å². The number of hydrogen-bond donors (Lipinski definition) is 1. The summed E-state index contributed by atoms with van der Waals surface area (Å²) in [5, 5.41) is 0. The number of aromatic nitrogens is 2. The second-order valence-corrected chi connectivity index (χ2v) is 9.51. The first-order valence-corrected chi connectivity index (χ1v) is 10.2. The van der Waals surface area contributed by atoms with Gasteiger partial charge in [0, 0.05) is 29.5 Å². The Morgan fingerprint density at radius 3 is 2.72 bits per heavy atom. The molecule has 0 aliphatic heterocycles. The van der Waals surface area contributed by atoms with Gasteiger partial charge in [0.1, 0.15) is 0 Å². The molecule has 3 heteroatoms. The summed E-state index contributed by atoms with van der Waals surface area (Å²) in [5.74, 6) is 2.47. The molecule has 25 heavy (non-hydrogen) atoms. The quantitative estimate of drug-likeness (QED) is 0.760.